The van der Waals surface area contributed by atoms with Crippen molar-refractivity contribution in [3.05, 3.63) is 70.9 Å². The lowest BCUT2D eigenvalue weighted by molar-refractivity contribution is 0.0720. The van der Waals surface area contributed by atoms with Crippen molar-refractivity contribution < 1.29 is 4.79 Å². The fraction of sp³-hybridized carbons (Fsp3) is 0.333. The number of nitrogens with zero attached hydrogens (tertiary/aromatic N) is 3. The highest BCUT2D eigenvalue weighted by atomic mass is 16.2. The van der Waals surface area contributed by atoms with E-state index in [9.17, 15) is 4.79 Å². The van der Waals surface area contributed by atoms with Crippen LogP contribution >= 0.6 is 0 Å². The molecule has 29 heavy (non-hydrogen) atoms. The van der Waals surface area contributed by atoms with E-state index in [1.54, 1.807) is 0 Å². The number of hydrogen-bond acceptors (Lipinski definition) is 3. The number of aryl methyl sites for hydroxylation is 3. The Morgan fingerprint density at radius 3 is 2.55 bits per heavy atom. The summed E-state index contributed by atoms with van der Waals surface area (Å²) in [5.74, 6) is 0.0178. The zero-order valence-corrected chi connectivity index (χ0v) is 17.6. The van der Waals surface area contributed by atoms with Crippen LogP contribution in [0.1, 0.15) is 34.1 Å². The van der Waals surface area contributed by atoms with Gasteiger partial charge in [-0.05, 0) is 57.0 Å². The Morgan fingerprint density at radius 2 is 1.83 bits per heavy atom. The molecule has 1 aliphatic heterocycles. The summed E-state index contributed by atoms with van der Waals surface area (Å²) in [6, 6.07) is 17.0. The number of anilines is 1. The third-order valence-electron chi connectivity index (χ3n) is 5.71. The average Bonchev–Trinajstić information content (AvgIpc) is 3.17. The van der Waals surface area contributed by atoms with Gasteiger partial charge in [-0.2, -0.15) is 5.10 Å². The first kappa shape index (κ1) is 19.2. The van der Waals surface area contributed by atoms with Gasteiger partial charge in [0.15, 0.2) is 0 Å². The summed E-state index contributed by atoms with van der Waals surface area (Å²) >= 11 is 0. The molecule has 0 spiro atoms. The van der Waals surface area contributed by atoms with E-state index in [-0.39, 0.29) is 11.9 Å². The SMILES string of the molecule is Cc1cccc(N2CCN(C(=O)c3cc(-c4ccc(C)cc4C)n[nH]3)C[C@H]2C)c1. The van der Waals surface area contributed by atoms with Crippen LogP contribution in [0.5, 0.6) is 0 Å². The Hall–Kier alpha value is -3.08. The summed E-state index contributed by atoms with van der Waals surface area (Å²) in [5, 5.41) is 7.35. The average molecular weight is 389 g/mol. The number of rotatable bonds is 3. The van der Waals surface area contributed by atoms with Crippen LogP contribution in [0.25, 0.3) is 11.3 Å². The number of aromatic amines is 1. The molecule has 0 aliphatic carbocycles. The van der Waals surface area contributed by atoms with Crippen molar-refractivity contribution in [3.63, 3.8) is 0 Å². The molecule has 5 heteroatoms. The maximum Gasteiger partial charge on any atom is 0.272 e. The van der Waals surface area contributed by atoms with Crippen molar-refractivity contribution in [2.45, 2.75) is 33.7 Å². The molecule has 0 unspecified atom stereocenters. The van der Waals surface area contributed by atoms with Gasteiger partial charge in [-0.25, -0.2) is 0 Å². The van der Waals surface area contributed by atoms with Gasteiger partial charge in [0, 0.05) is 36.9 Å². The van der Waals surface area contributed by atoms with E-state index >= 15 is 0 Å². The van der Waals surface area contributed by atoms with Crippen LogP contribution in [0.2, 0.25) is 0 Å². The van der Waals surface area contributed by atoms with Gasteiger partial charge in [0.25, 0.3) is 5.91 Å². The first-order valence-corrected chi connectivity index (χ1v) is 10.2. The van der Waals surface area contributed by atoms with Crippen LogP contribution in [0, 0.1) is 20.8 Å². The molecule has 150 valence electrons. The van der Waals surface area contributed by atoms with Crippen LogP contribution in [0.15, 0.2) is 48.5 Å². The van der Waals surface area contributed by atoms with Crippen molar-refractivity contribution in [2.24, 2.45) is 0 Å². The lowest BCUT2D eigenvalue weighted by atomic mass is 10.0. The number of amides is 1. The highest BCUT2D eigenvalue weighted by Crippen LogP contribution is 2.25. The fourth-order valence-corrected chi connectivity index (χ4v) is 4.17. The Bertz CT molecular complexity index is 1040. The normalized spacial score (nSPS) is 16.9. The van der Waals surface area contributed by atoms with E-state index in [1.165, 1.54) is 16.8 Å². The van der Waals surface area contributed by atoms with Crippen LogP contribution in [0.4, 0.5) is 5.69 Å². The van der Waals surface area contributed by atoms with E-state index in [0.29, 0.717) is 18.8 Å². The quantitative estimate of drug-likeness (QED) is 0.726. The zero-order valence-electron chi connectivity index (χ0n) is 17.6. The van der Waals surface area contributed by atoms with Gasteiger partial charge in [0.1, 0.15) is 5.69 Å². The third-order valence-corrected chi connectivity index (χ3v) is 5.71. The number of carbonyl (C=O) groups is 1. The van der Waals surface area contributed by atoms with Crippen molar-refractivity contribution in [1.29, 1.82) is 0 Å². The molecule has 2 heterocycles. The number of carbonyl (C=O) groups excluding carboxylic acids is 1. The van der Waals surface area contributed by atoms with Gasteiger partial charge in [0.2, 0.25) is 0 Å². The summed E-state index contributed by atoms with van der Waals surface area (Å²) < 4.78 is 0. The minimum absolute atomic E-state index is 0.0178. The standard InChI is InChI=1S/C24H28N4O/c1-16-6-5-7-20(13-16)28-11-10-27(15-19(28)4)24(29)23-14-22(25-26-23)21-9-8-17(2)12-18(21)3/h5-9,12-14,19H,10-11,15H2,1-4H3,(H,25,26)/t19-/m1/s1. The van der Waals surface area contributed by atoms with Gasteiger partial charge < -0.3 is 9.80 Å². The molecule has 5 nitrogen and oxygen atoms in total. The van der Waals surface area contributed by atoms with Crippen molar-refractivity contribution in [3.8, 4) is 11.3 Å². The van der Waals surface area contributed by atoms with E-state index in [0.717, 1.165) is 23.4 Å². The first-order chi connectivity index (χ1) is 13.9. The minimum Gasteiger partial charge on any atom is -0.365 e. The molecule has 1 amide bonds. The second-order valence-electron chi connectivity index (χ2n) is 8.12. The molecule has 1 saturated heterocycles. The number of piperazine rings is 1. The smallest absolute Gasteiger partial charge is 0.272 e. The number of aromatic nitrogens is 2. The molecule has 4 rings (SSSR count). The van der Waals surface area contributed by atoms with E-state index in [4.69, 9.17) is 0 Å². The Morgan fingerprint density at radius 1 is 1.03 bits per heavy atom. The predicted octanol–water partition coefficient (Wildman–Crippen LogP) is 4.35. The topological polar surface area (TPSA) is 52.2 Å². The molecule has 1 aliphatic rings. The van der Waals surface area contributed by atoms with Crippen LogP contribution in [0.3, 0.4) is 0 Å². The second-order valence-corrected chi connectivity index (χ2v) is 8.12. The predicted molar refractivity (Wildman–Crippen MR) is 117 cm³/mol. The third kappa shape index (κ3) is 3.90. The summed E-state index contributed by atoms with van der Waals surface area (Å²) in [5.41, 5.74) is 7.29. The number of hydrogen-bond donors (Lipinski definition) is 1. The van der Waals surface area contributed by atoms with Gasteiger partial charge in [-0.1, -0.05) is 35.9 Å². The monoisotopic (exact) mass is 388 g/mol. The van der Waals surface area contributed by atoms with Crippen molar-refractivity contribution in [1.82, 2.24) is 15.1 Å². The summed E-state index contributed by atoms with van der Waals surface area (Å²) in [7, 11) is 0. The maximum absolute atomic E-state index is 13.1. The molecule has 1 atom stereocenters. The molecule has 0 bridgehead atoms. The lowest BCUT2D eigenvalue weighted by Crippen LogP contribution is -2.53. The fourth-order valence-electron chi connectivity index (χ4n) is 4.17. The van der Waals surface area contributed by atoms with Crippen LogP contribution in [-0.4, -0.2) is 46.7 Å². The largest absolute Gasteiger partial charge is 0.365 e. The maximum atomic E-state index is 13.1. The first-order valence-electron chi connectivity index (χ1n) is 10.2. The highest BCUT2D eigenvalue weighted by Gasteiger charge is 2.28. The van der Waals surface area contributed by atoms with Gasteiger partial charge >= 0.3 is 0 Å². The highest BCUT2D eigenvalue weighted by molar-refractivity contribution is 5.93. The number of benzene rings is 2. The van der Waals surface area contributed by atoms with Gasteiger partial charge in [0.05, 0.1) is 5.69 Å². The number of H-pyrrole nitrogens is 1. The van der Waals surface area contributed by atoms with E-state index < -0.39 is 0 Å². The van der Waals surface area contributed by atoms with E-state index in [2.05, 4.69) is 85.3 Å². The Kier molecular flexibility index (Phi) is 5.14. The summed E-state index contributed by atoms with van der Waals surface area (Å²) in [4.78, 5) is 17.4. The summed E-state index contributed by atoms with van der Waals surface area (Å²) in [6.45, 7) is 10.7. The number of nitrogens with one attached hydrogen (secondary N) is 1. The van der Waals surface area contributed by atoms with Gasteiger partial charge in [-0.3, -0.25) is 9.89 Å². The van der Waals surface area contributed by atoms with Crippen LogP contribution < -0.4 is 4.90 Å². The Labute approximate surface area is 172 Å². The van der Waals surface area contributed by atoms with Crippen LogP contribution in [-0.2, 0) is 0 Å². The molecule has 0 saturated carbocycles. The van der Waals surface area contributed by atoms with Gasteiger partial charge in [-0.15, -0.1) is 0 Å². The molecule has 3 aromatic rings. The minimum atomic E-state index is 0.0178. The lowest BCUT2D eigenvalue weighted by Gasteiger charge is -2.41. The summed E-state index contributed by atoms with van der Waals surface area (Å²) in [6.07, 6.45) is 0. The molecule has 0 radical (unpaired) electrons. The molecular weight excluding hydrogens is 360 g/mol. The second kappa shape index (κ2) is 7.74. The molecule has 2 aromatic carbocycles. The van der Waals surface area contributed by atoms with Crippen molar-refractivity contribution >= 4 is 11.6 Å². The van der Waals surface area contributed by atoms with E-state index in [1.807, 2.05) is 11.0 Å². The molecule has 1 fully saturated rings. The molecular formula is C24H28N4O. The zero-order chi connectivity index (χ0) is 20.5. The van der Waals surface area contributed by atoms with Crippen molar-refractivity contribution in [2.75, 3.05) is 24.5 Å². The Balaban J connectivity index is 1.48. The molecule has 1 N–H and O–H groups in total. The molecule has 1 aromatic heterocycles.